The summed E-state index contributed by atoms with van der Waals surface area (Å²) in [4.78, 5) is 11.7. The van der Waals surface area contributed by atoms with Crippen molar-refractivity contribution >= 4 is 5.97 Å². The first kappa shape index (κ1) is 11.1. The molecule has 0 spiro atoms. The Morgan fingerprint density at radius 2 is 1.95 bits per heavy atom. The zero-order valence-electron chi connectivity index (χ0n) is 10.3. The van der Waals surface area contributed by atoms with Crippen molar-refractivity contribution in [3.05, 3.63) is 23.3 Å². The van der Waals surface area contributed by atoms with Gasteiger partial charge in [-0.15, -0.1) is 0 Å². The fraction of sp³-hybridized carbons (Fsp3) is 0.500. The summed E-state index contributed by atoms with van der Waals surface area (Å²) in [5.41, 5.74) is 1.88. The molecule has 5 heteroatoms. The highest BCUT2D eigenvalue weighted by Gasteiger charge is 2.44. The van der Waals surface area contributed by atoms with Crippen LogP contribution in [0, 0.1) is 11.8 Å². The van der Waals surface area contributed by atoms with Crippen LogP contribution in [0.5, 0.6) is 11.5 Å². The predicted molar refractivity (Wildman–Crippen MR) is 63.8 cm³/mol. The average molecular weight is 262 g/mol. The van der Waals surface area contributed by atoms with Gasteiger partial charge in [-0.05, 0) is 36.1 Å². The quantitative estimate of drug-likeness (QED) is 0.711. The van der Waals surface area contributed by atoms with E-state index < -0.39 is 6.10 Å². The Labute approximate surface area is 110 Å². The maximum absolute atomic E-state index is 11.7. The van der Waals surface area contributed by atoms with Gasteiger partial charge in [-0.2, -0.15) is 0 Å². The molecule has 100 valence electrons. The first-order chi connectivity index (χ1) is 9.24. The third kappa shape index (κ3) is 1.54. The molecule has 1 aromatic carbocycles. The molecule has 4 rings (SSSR count). The standard InChI is InChI=1S/C14H14O5/c15-13-9-4-12-11(18-6-19-12)3-7(9)1-2-8-10(13)5-17-14(8)16/h3-4,8,10,13,15H,1-2,5-6H2/t8-,10+,13+/m1/s1. The number of aryl methyl sites for hydroxylation is 1. The van der Waals surface area contributed by atoms with Gasteiger partial charge in [-0.25, -0.2) is 0 Å². The Balaban J connectivity index is 1.79. The van der Waals surface area contributed by atoms with E-state index in [0.717, 1.165) is 23.3 Å². The van der Waals surface area contributed by atoms with Gasteiger partial charge in [0.15, 0.2) is 11.5 Å². The predicted octanol–water partition coefficient (Wildman–Crippen LogP) is 1.18. The van der Waals surface area contributed by atoms with Gasteiger partial charge < -0.3 is 19.3 Å². The first-order valence-electron chi connectivity index (χ1n) is 6.51. The number of rotatable bonds is 0. The molecule has 0 amide bonds. The number of aliphatic hydroxyl groups is 1. The van der Waals surface area contributed by atoms with E-state index in [1.165, 1.54) is 0 Å². The summed E-state index contributed by atoms with van der Waals surface area (Å²) in [6, 6.07) is 3.76. The van der Waals surface area contributed by atoms with Gasteiger partial charge in [-0.3, -0.25) is 4.79 Å². The topological polar surface area (TPSA) is 65.0 Å². The normalized spacial score (nSPS) is 31.4. The Morgan fingerprint density at radius 1 is 1.16 bits per heavy atom. The highest BCUT2D eigenvalue weighted by atomic mass is 16.7. The van der Waals surface area contributed by atoms with Crippen LogP contribution in [-0.2, 0) is 16.0 Å². The minimum absolute atomic E-state index is 0.144. The number of benzene rings is 1. The zero-order chi connectivity index (χ0) is 13.0. The van der Waals surface area contributed by atoms with Crippen molar-refractivity contribution < 1.29 is 24.1 Å². The molecule has 0 unspecified atom stereocenters. The van der Waals surface area contributed by atoms with Crippen molar-refractivity contribution in [2.24, 2.45) is 11.8 Å². The number of carbonyl (C=O) groups is 1. The Bertz CT molecular complexity index is 553. The number of fused-ring (bicyclic) bond motifs is 3. The molecule has 19 heavy (non-hydrogen) atoms. The molecule has 5 nitrogen and oxygen atoms in total. The lowest BCUT2D eigenvalue weighted by molar-refractivity contribution is -0.141. The Hall–Kier alpha value is -1.75. The van der Waals surface area contributed by atoms with Gasteiger partial charge >= 0.3 is 5.97 Å². The monoisotopic (exact) mass is 262 g/mol. The van der Waals surface area contributed by atoms with E-state index in [2.05, 4.69) is 0 Å². The van der Waals surface area contributed by atoms with Gasteiger partial charge in [0.1, 0.15) is 0 Å². The van der Waals surface area contributed by atoms with Crippen LogP contribution in [-0.4, -0.2) is 24.5 Å². The number of ether oxygens (including phenoxy) is 3. The second-order valence-electron chi connectivity index (χ2n) is 5.29. The summed E-state index contributed by atoms with van der Waals surface area (Å²) in [7, 11) is 0. The van der Waals surface area contributed by atoms with Crippen LogP contribution in [0.25, 0.3) is 0 Å². The number of esters is 1. The summed E-state index contributed by atoms with van der Waals surface area (Å²) >= 11 is 0. The second kappa shape index (κ2) is 3.87. The molecule has 1 aliphatic carbocycles. The van der Waals surface area contributed by atoms with Crippen LogP contribution >= 0.6 is 0 Å². The molecule has 2 aliphatic heterocycles. The lowest BCUT2D eigenvalue weighted by Crippen LogP contribution is -2.20. The Kier molecular flexibility index (Phi) is 2.26. The molecule has 3 aliphatic rings. The van der Waals surface area contributed by atoms with Gasteiger partial charge in [0.2, 0.25) is 6.79 Å². The van der Waals surface area contributed by atoms with Crippen LogP contribution in [0.15, 0.2) is 12.1 Å². The smallest absolute Gasteiger partial charge is 0.309 e. The van der Waals surface area contributed by atoms with Gasteiger partial charge in [0.05, 0.1) is 18.6 Å². The number of hydrogen-bond donors (Lipinski definition) is 1. The molecule has 2 heterocycles. The lowest BCUT2D eigenvalue weighted by Gasteiger charge is -2.19. The minimum Gasteiger partial charge on any atom is -0.465 e. The fourth-order valence-corrected chi connectivity index (χ4v) is 3.25. The highest BCUT2D eigenvalue weighted by molar-refractivity contribution is 5.75. The van der Waals surface area contributed by atoms with E-state index in [1.54, 1.807) is 0 Å². The zero-order valence-corrected chi connectivity index (χ0v) is 10.3. The van der Waals surface area contributed by atoms with Crippen molar-refractivity contribution in [3.63, 3.8) is 0 Å². The van der Waals surface area contributed by atoms with E-state index in [1.807, 2.05) is 12.1 Å². The summed E-state index contributed by atoms with van der Waals surface area (Å²) in [6.07, 6.45) is 0.787. The van der Waals surface area contributed by atoms with E-state index >= 15 is 0 Å². The molecule has 1 fully saturated rings. The first-order valence-corrected chi connectivity index (χ1v) is 6.51. The third-order valence-electron chi connectivity index (χ3n) is 4.32. The molecule has 1 saturated heterocycles. The third-order valence-corrected chi connectivity index (χ3v) is 4.32. The molecular weight excluding hydrogens is 248 g/mol. The van der Waals surface area contributed by atoms with Crippen LogP contribution < -0.4 is 9.47 Å². The molecule has 0 radical (unpaired) electrons. The van der Waals surface area contributed by atoms with E-state index in [0.29, 0.717) is 18.8 Å². The Morgan fingerprint density at radius 3 is 2.79 bits per heavy atom. The van der Waals surface area contributed by atoms with Crippen LogP contribution in [0.2, 0.25) is 0 Å². The van der Waals surface area contributed by atoms with E-state index in [-0.39, 0.29) is 24.6 Å². The highest BCUT2D eigenvalue weighted by Crippen LogP contribution is 2.45. The van der Waals surface area contributed by atoms with Crippen LogP contribution in [0.1, 0.15) is 23.7 Å². The summed E-state index contributed by atoms with van der Waals surface area (Å²) < 4.78 is 15.8. The van der Waals surface area contributed by atoms with Gasteiger partial charge in [0, 0.05) is 5.92 Å². The molecule has 1 N–H and O–H groups in total. The van der Waals surface area contributed by atoms with Gasteiger partial charge in [-0.1, -0.05) is 0 Å². The van der Waals surface area contributed by atoms with Crippen molar-refractivity contribution in [3.8, 4) is 11.5 Å². The molecule has 1 aromatic rings. The molecule has 3 atom stereocenters. The van der Waals surface area contributed by atoms with Gasteiger partial charge in [0.25, 0.3) is 0 Å². The molecule has 0 aromatic heterocycles. The number of carbonyl (C=O) groups excluding carboxylic acids is 1. The molecule has 0 saturated carbocycles. The fourth-order valence-electron chi connectivity index (χ4n) is 3.25. The van der Waals surface area contributed by atoms with Crippen molar-refractivity contribution in [2.75, 3.05) is 13.4 Å². The van der Waals surface area contributed by atoms with Crippen LogP contribution in [0.3, 0.4) is 0 Å². The van der Waals surface area contributed by atoms with E-state index in [4.69, 9.17) is 14.2 Å². The number of hydrogen-bond acceptors (Lipinski definition) is 5. The van der Waals surface area contributed by atoms with Crippen molar-refractivity contribution in [2.45, 2.75) is 18.9 Å². The molecular formula is C14H14O5. The summed E-state index contributed by atoms with van der Waals surface area (Å²) in [5.74, 6) is 0.868. The lowest BCUT2D eigenvalue weighted by atomic mass is 9.87. The van der Waals surface area contributed by atoms with Crippen LogP contribution in [0.4, 0.5) is 0 Å². The molecule has 0 bridgehead atoms. The van der Waals surface area contributed by atoms with E-state index in [9.17, 15) is 9.90 Å². The second-order valence-corrected chi connectivity index (χ2v) is 5.29. The average Bonchev–Trinajstić information content (AvgIpc) is 2.97. The summed E-state index contributed by atoms with van der Waals surface area (Å²) in [5, 5.41) is 10.5. The summed E-state index contributed by atoms with van der Waals surface area (Å²) in [6.45, 7) is 0.528. The maximum atomic E-state index is 11.7. The van der Waals surface area contributed by atoms with Crippen molar-refractivity contribution in [1.82, 2.24) is 0 Å². The minimum atomic E-state index is -0.677. The largest absolute Gasteiger partial charge is 0.465 e. The maximum Gasteiger partial charge on any atom is 0.309 e. The number of cyclic esters (lactones) is 1. The number of aliphatic hydroxyl groups excluding tert-OH is 1. The van der Waals surface area contributed by atoms with Crippen molar-refractivity contribution in [1.29, 1.82) is 0 Å². The SMILES string of the molecule is O=C1OC[C@H]2[C@H]1CCc1cc3c(cc1[C@@H]2O)OCO3.